The van der Waals surface area contributed by atoms with Crippen LogP contribution < -0.4 is 10.1 Å². The zero-order valence-corrected chi connectivity index (χ0v) is 16.6. The predicted molar refractivity (Wildman–Crippen MR) is 117 cm³/mol. The summed E-state index contributed by atoms with van der Waals surface area (Å²) in [6, 6.07) is 25.5. The molecular formula is C25H26N2O. The molecule has 0 aliphatic heterocycles. The van der Waals surface area contributed by atoms with Gasteiger partial charge in [-0.1, -0.05) is 48.0 Å². The highest BCUT2D eigenvalue weighted by molar-refractivity contribution is 5.86. The fraction of sp³-hybridized carbons (Fsp3) is 0.200. The van der Waals surface area contributed by atoms with E-state index in [2.05, 4.69) is 84.8 Å². The van der Waals surface area contributed by atoms with Crippen LogP contribution in [0.1, 0.15) is 35.3 Å². The molecule has 0 saturated carbocycles. The van der Waals surface area contributed by atoms with Gasteiger partial charge in [0.15, 0.2) is 0 Å². The molecular weight excluding hydrogens is 344 g/mol. The molecule has 1 aromatic heterocycles. The fourth-order valence-electron chi connectivity index (χ4n) is 3.73. The van der Waals surface area contributed by atoms with E-state index in [1.165, 1.54) is 33.3 Å². The summed E-state index contributed by atoms with van der Waals surface area (Å²) in [5.74, 6) is 0.892. The molecule has 4 rings (SSSR count). The molecule has 0 fully saturated rings. The van der Waals surface area contributed by atoms with E-state index in [0.717, 1.165) is 11.4 Å². The molecule has 1 unspecified atom stereocenters. The van der Waals surface area contributed by atoms with Crippen molar-refractivity contribution in [3.63, 3.8) is 0 Å². The molecule has 0 spiro atoms. The van der Waals surface area contributed by atoms with Crippen LogP contribution in [0.4, 0.5) is 5.69 Å². The molecule has 3 nitrogen and oxygen atoms in total. The third-order valence-corrected chi connectivity index (χ3v) is 5.12. The standard InChI is InChI=1S/C25H26N2O/c1-4-28-21-15-13-20(14-16-21)27-25(19-11-9-17(2)10-12-19)24-18(3)26-23-8-6-5-7-22(23)24/h5-16,25-27H,4H2,1-3H3. The summed E-state index contributed by atoms with van der Waals surface area (Å²) >= 11 is 0. The van der Waals surface area contributed by atoms with Gasteiger partial charge in [0.25, 0.3) is 0 Å². The lowest BCUT2D eigenvalue weighted by Crippen LogP contribution is -2.13. The number of hydrogen-bond acceptors (Lipinski definition) is 2. The number of aromatic nitrogens is 1. The number of rotatable bonds is 6. The average molecular weight is 370 g/mol. The molecule has 0 amide bonds. The van der Waals surface area contributed by atoms with Gasteiger partial charge in [-0.2, -0.15) is 0 Å². The molecule has 0 radical (unpaired) electrons. The van der Waals surface area contributed by atoms with Crippen molar-refractivity contribution in [3.8, 4) is 5.75 Å². The maximum absolute atomic E-state index is 5.58. The third kappa shape index (κ3) is 3.61. The second-order valence-corrected chi connectivity index (χ2v) is 7.15. The van der Waals surface area contributed by atoms with E-state index in [1.54, 1.807) is 0 Å². The van der Waals surface area contributed by atoms with Gasteiger partial charge >= 0.3 is 0 Å². The van der Waals surface area contributed by atoms with E-state index in [1.807, 2.05) is 19.1 Å². The molecule has 0 aliphatic carbocycles. The molecule has 3 aromatic carbocycles. The number of nitrogens with one attached hydrogen (secondary N) is 2. The molecule has 0 saturated heterocycles. The molecule has 3 heteroatoms. The molecule has 0 aliphatic rings. The van der Waals surface area contributed by atoms with Gasteiger partial charge in [-0.15, -0.1) is 0 Å². The van der Waals surface area contributed by atoms with Gasteiger partial charge in [0.05, 0.1) is 12.6 Å². The Morgan fingerprint density at radius 3 is 2.32 bits per heavy atom. The van der Waals surface area contributed by atoms with Crippen molar-refractivity contribution >= 4 is 16.6 Å². The van der Waals surface area contributed by atoms with Crippen LogP contribution in [0.25, 0.3) is 10.9 Å². The summed E-state index contributed by atoms with van der Waals surface area (Å²) in [5.41, 5.74) is 7.21. The van der Waals surface area contributed by atoms with Gasteiger partial charge in [0.2, 0.25) is 0 Å². The summed E-state index contributed by atoms with van der Waals surface area (Å²) in [7, 11) is 0. The Morgan fingerprint density at radius 2 is 1.61 bits per heavy atom. The molecule has 0 bridgehead atoms. The van der Waals surface area contributed by atoms with E-state index in [0.29, 0.717) is 6.61 Å². The number of anilines is 1. The molecule has 4 aromatic rings. The van der Waals surface area contributed by atoms with Crippen LogP contribution in [0.2, 0.25) is 0 Å². The minimum Gasteiger partial charge on any atom is -0.494 e. The van der Waals surface area contributed by atoms with E-state index in [4.69, 9.17) is 4.74 Å². The second kappa shape index (κ2) is 7.81. The van der Waals surface area contributed by atoms with Crippen LogP contribution in [-0.2, 0) is 0 Å². The van der Waals surface area contributed by atoms with Crippen LogP contribution in [0, 0.1) is 13.8 Å². The number of hydrogen-bond donors (Lipinski definition) is 2. The lowest BCUT2D eigenvalue weighted by molar-refractivity contribution is 0.340. The highest BCUT2D eigenvalue weighted by atomic mass is 16.5. The number of aryl methyl sites for hydroxylation is 2. The Labute approximate surface area is 166 Å². The van der Waals surface area contributed by atoms with Crippen molar-refractivity contribution < 1.29 is 4.74 Å². The molecule has 142 valence electrons. The van der Waals surface area contributed by atoms with E-state index in [9.17, 15) is 0 Å². The number of aromatic amines is 1. The highest BCUT2D eigenvalue weighted by Crippen LogP contribution is 2.35. The van der Waals surface area contributed by atoms with Crippen molar-refractivity contribution in [1.82, 2.24) is 4.98 Å². The average Bonchev–Trinajstić information content (AvgIpc) is 3.04. The van der Waals surface area contributed by atoms with Gasteiger partial charge < -0.3 is 15.0 Å². The quantitative estimate of drug-likeness (QED) is 0.413. The van der Waals surface area contributed by atoms with Crippen LogP contribution in [0.3, 0.4) is 0 Å². The van der Waals surface area contributed by atoms with Crippen LogP contribution in [0.5, 0.6) is 5.75 Å². The largest absolute Gasteiger partial charge is 0.494 e. The van der Waals surface area contributed by atoms with Crippen molar-refractivity contribution in [2.75, 3.05) is 11.9 Å². The fourth-order valence-corrected chi connectivity index (χ4v) is 3.73. The lowest BCUT2D eigenvalue weighted by atomic mass is 9.95. The monoisotopic (exact) mass is 370 g/mol. The van der Waals surface area contributed by atoms with Crippen molar-refractivity contribution in [3.05, 3.63) is 95.2 Å². The minimum atomic E-state index is 0.0506. The van der Waals surface area contributed by atoms with Crippen molar-refractivity contribution in [1.29, 1.82) is 0 Å². The van der Waals surface area contributed by atoms with E-state index in [-0.39, 0.29) is 6.04 Å². The van der Waals surface area contributed by atoms with Crippen LogP contribution in [-0.4, -0.2) is 11.6 Å². The Hall–Kier alpha value is -3.20. The Morgan fingerprint density at radius 1 is 0.893 bits per heavy atom. The number of fused-ring (bicyclic) bond motifs is 1. The zero-order chi connectivity index (χ0) is 19.5. The first-order valence-electron chi connectivity index (χ1n) is 9.79. The number of H-pyrrole nitrogens is 1. The second-order valence-electron chi connectivity index (χ2n) is 7.15. The molecule has 28 heavy (non-hydrogen) atoms. The van der Waals surface area contributed by atoms with E-state index >= 15 is 0 Å². The molecule has 2 N–H and O–H groups in total. The zero-order valence-electron chi connectivity index (χ0n) is 16.6. The van der Waals surface area contributed by atoms with Crippen LogP contribution in [0.15, 0.2) is 72.8 Å². The number of ether oxygens (including phenoxy) is 1. The number of para-hydroxylation sites is 1. The van der Waals surface area contributed by atoms with Crippen LogP contribution >= 0.6 is 0 Å². The summed E-state index contributed by atoms with van der Waals surface area (Å²) < 4.78 is 5.58. The Kier molecular flexibility index (Phi) is 5.07. The number of benzene rings is 3. The summed E-state index contributed by atoms with van der Waals surface area (Å²) in [4.78, 5) is 3.54. The Bertz CT molecular complexity index is 1060. The minimum absolute atomic E-state index is 0.0506. The summed E-state index contributed by atoms with van der Waals surface area (Å²) in [6.07, 6.45) is 0. The smallest absolute Gasteiger partial charge is 0.119 e. The van der Waals surface area contributed by atoms with Gasteiger partial charge in [-0.05, 0) is 56.7 Å². The van der Waals surface area contributed by atoms with Gasteiger partial charge in [0, 0.05) is 27.8 Å². The first kappa shape index (κ1) is 18.2. The van der Waals surface area contributed by atoms with E-state index < -0.39 is 0 Å². The van der Waals surface area contributed by atoms with Gasteiger partial charge in [-0.25, -0.2) is 0 Å². The van der Waals surface area contributed by atoms with Crippen molar-refractivity contribution in [2.45, 2.75) is 26.8 Å². The summed E-state index contributed by atoms with van der Waals surface area (Å²) in [6.45, 7) is 6.94. The topological polar surface area (TPSA) is 37.0 Å². The molecule has 1 atom stereocenters. The first-order chi connectivity index (χ1) is 13.7. The Balaban J connectivity index is 1.78. The van der Waals surface area contributed by atoms with Gasteiger partial charge in [0.1, 0.15) is 5.75 Å². The summed E-state index contributed by atoms with van der Waals surface area (Å²) in [5, 5.41) is 5.00. The SMILES string of the molecule is CCOc1ccc(NC(c2ccc(C)cc2)c2c(C)[nH]c3ccccc23)cc1. The maximum atomic E-state index is 5.58. The third-order valence-electron chi connectivity index (χ3n) is 5.12. The lowest BCUT2D eigenvalue weighted by Gasteiger charge is -2.22. The molecule has 1 heterocycles. The maximum Gasteiger partial charge on any atom is 0.119 e. The normalized spacial score (nSPS) is 12.1. The van der Waals surface area contributed by atoms with Gasteiger partial charge in [-0.3, -0.25) is 0 Å². The highest BCUT2D eigenvalue weighted by Gasteiger charge is 2.21. The first-order valence-corrected chi connectivity index (χ1v) is 9.79. The van der Waals surface area contributed by atoms with Crippen molar-refractivity contribution in [2.24, 2.45) is 0 Å². The predicted octanol–water partition coefficient (Wildman–Crippen LogP) is 6.38.